The van der Waals surface area contributed by atoms with Crippen LogP contribution in [-0.2, 0) is 11.3 Å². The molecule has 2 aromatic rings. The average molecular weight is 322 g/mol. The van der Waals surface area contributed by atoms with E-state index in [2.05, 4.69) is 30.3 Å². The Labute approximate surface area is 143 Å². The van der Waals surface area contributed by atoms with Crippen molar-refractivity contribution in [2.45, 2.75) is 25.5 Å². The van der Waals surface area contributed by atoms with E-state index in [0.29, 0.717) is 11.5 Å². The van der Waals surface area contributed by atoms with Gasteiger partial charge in [0.05, 0.1) is 18.7 Å². The molecule has 0 aliphatic carbocycles. The van der Waals surface area contributed by atoms with Crippen molar-refractivity contribution in [2.24, 2.45) is 5.92 Å². The van der Waals surface area contributed by atoms with Crippen molar-refractivity contribution in [3.8, 4) is 0 Å². The zero-order valence-corrected chi connectivity index (χ0v) is 13.9. The molecule has 0 N–H and O–H groups in total. The van der Waals surface area contributed by atoms with Crippen LogP contribution in [0.25, 0.3) is 0 Å². The molecule has 0 saturated carbocycles. The third-order valence-electron chi connectivity index (χ3n) is 5.67. The Bertz CT molecular complexity index is 690. The van der Waals surface area contributed by atoms with Crippen LogP contribution in [0.3, 0.4) is 0 Å². The van der Waals surface area contributed by atoms with E-state index in [9.17, 15) is 4.79 Å². The largest absolute Gasteiger partial charge is 0.452 e. The molecule has 3 heteroatoms. The summed E-state index contributed by atoms with van der Waals surface area (Å²) in [5.41, 5.74) is 2.04. The molecule has 0 unspecified atom stereocenters. The summed E-state index contributed by atoms with van der Waals surface area (Å²) in [5, 5.41) is 0. The first-order valence-corrected chi connectivity index (χ1v) is 8.89. The van der Waals surface area contributed by atoms with Crippen LogP contribution in [-0.4, -0.2) is 36.2 Å². The van der Waals surface area contributed by atoms with E-state index in [1.165, 1.54) is 31.5 Å². The van der Waals surface area contributed by atoms with Gasteiger partial charge in [0, 0.05) is 24.3 Å². The van der Waals surface area contributed by atoms with Crippen molar-refractivity contribution in [1.82, 2.24) is 0 Å². The molecular weight excluding hydrogens is 298 g/mol. The lowest BCUT2D eigenvalue weighted by Gasteiger charge is -2.52. The van der Waals surface area contributed by atoms with E-state index in [1.54, 1.807) is 0 Å². The SMILES string of the molecule is O=C(O[C@@H]1C[N+]2(Cc3ccccc3)CCC1CC2)c1ccccc1. The lowest BCUT2D eigenvalue weighted by molar-refractivity contribution is -0.958. The maximum absolute atomic E-state index is 12.4. The Morgan fingerprint density at radius 3 is 2.25 bits per heavy atom. The Morgan fingerprint density at radius 2 is 1.58 bits per heavy atom. The molecule has 0 aromatic heterocycles. The fraction of sp³-hybridized carbons (Fsp3) is 0.381. The lowest BCUT2D eigenvalue weighted by Crippen LogP contribution is -2.63. The fourth-order valence-corrected chi connectivity index (χ4v) is 4.33. The molecule has 0 radical (unpaired) electrons. The number of piperidine rings is 3. The van der Waals surface area contributed by atoms with Gasteiger partial charge in [-0.1, -0.05) is 48.5 Å². The van der Waals surface area contributed by atoms with Crippen LogP contribution < -0.4 is 0 Å². The summed E-state index contributed by atoms with van der Waals surface area (Å²) in [6.45, 7) is 4.42. The highest BCUT2D eigenvalue weighted by Gasteiger charge is 2.47. The van der Waals surface area contributed by atoms with Crippen molar-refractivity contribution in [3.63, 3.8) is 0 Å². The number of esters is 1. The summed E-state index contributed by atoms with van der Waals surface area (Å²) in [4.78, 5) is 12.4. The second kappa shape index (κ2) is 6.40. The number of quaternary nitrogens is 1. The predicted octanol–water partition coefficient (Wildman–Crippen LogP) is 3.65. The number of hydrogen-bond acceptors (Lipinski definition) is 2. The van der Waals surface area contributed by atoms with Crippen molar-refractivity contribution in [2.75, 3.05) is 19.6 Å². The Morgan fingerprint density at radius 1 is 0.958 bits per heavy atom. The summed E-state index contributed by atoms with van der Waals surface area (Å²) in [6, 6.07) is 20.1. The number of carbonyl (C=O) groups is 1. The summed E-state index contributed by atoms with van der Waals surface area (Å²) >= 11 is 0. The van der Waals surface area contributed by atoms with Crippen molar-refractivity contribution < 1.29 is 14.0 Å². The highest BCUT2D eigenvalue weighted by atomic mass is 16.5. The molecule has 24 heavy (non-hydrogen) atoms. The van der Waals surface area contributed by atoms with Gasteiger partial charge in [-0.25, -0.2) is 4.79 Å². The van der Waals surface area contributed by atoms with Crippen LogP contribution in [0.2, 0.25) is 0 Å². The molecule has 3 saturated heterocycles. The molecule has 2 aromatic carbocycles. The minimum absolute atomic E-state index is 0.0592. The monoisotopic (exact) mass is 322 g/mol. The van der Waals surface area contributed by atoms with Crippen LogP contribution in [0.1, 0.15) is 28.8 Å². The van der Waals surface area contributed by atoms with Crippen LogP contribution in [0, 0.1) is 5.92 Å². The Kier molecular flexibility index (Phi) is 4.11. The van der Waals surface area contributed by atoms with E-state index in [4.69, 9.17) is 4.74 Å². The summed E-state index contributed by atoms with van der Waals surface area (Å²) < 4.78 is 6.98. The van der Waals surface area contributed by atoms with Crippen molar-refractivity contribution in [1.29, 1.82) is 0 Å². The molecule has 2 bridgehead atoms. The van der Waals surface area contributed by atoms with E-state index in [1.807, 2.05) is 30.3 Å². The summed E-state index contributed by atoms with van der Waals surface area (Å²) in [6.07, 6.45) is 2.39. The van der Waals surface area contributed by atoms with Crippen molar-refractivity contribution in [3.05, 3.63) is 71.8 Å². The van der Waals surface area contributed by atoms with Gasteiger partial charge in [0.15, 0.2) is 6.10 Å². The van der Waals surface area contributed by atoms with E-state index in [0.717, 1.165) is 17.6 Å². The van der Waals surface area contributed by atoms with Gasteiger partial charge in [-0.05, 0) is 12.1 Å². The quantitative estimate of drug-likeness (QED) is 0.634. The van der Waals surface area contributed by atoms with Crippen LogP contribution >= 0.6 is 0 Å². The number of benzene rings is 2. The Hall–Kier alpha value is -2.13. The fourth-order valence-electron chi connectivity index (χ4n) is 4.33. The number of hydrogen-bond donors (Lipinski definition) is 0. The van der Waals surface area contributed by atoms with Gasteiger partial charge in [0.25, 0.3) is 0 Å². The summed E-state index contributed by atoms with van der Waals surface area (Å²) in [5.74, 6) is 0.362. The zero-order valence-electron chi connectivity index (χ0n) is 13.9. The van der Waals surface area contributed by atoms with Gasteiger partial charge in [-0.15, -0.1) is 0 Å². The molecule has 0 amide bonds. The molecule has 124 valence electrons. The number of rotatable bonds is 4. The van der Waals surface area contributed by atoms with Gasteiger partial charge in [0.1, 0.15) is 13.1 Å². The smallest absolute Gasteiger partial charge is 0.338 e. The molecule has 5 rings (SSSR count). The zero-order chi connectivity index (χ0) is 16.4. The molecule has 3 heterocycles. The van der Waals surface area contributed by atoms with Gasteiger partial charge >= 0.3 is 5.97 Å². The third-order valence-corrected chi connectivity index (χ3v) is 5.67. The highest BCUT2D eigenvalue weighted by molar-refractivity contribution is 5.89. The molecule has 3 aliphatic heterocycles. The molecule has 1 atom stereocenters. The Balaban J connectivity index is 1.47. The molecule has 3 fully saturated rings. The minimum Gasteiger partial charge on any atom is -0.452 e. The number of fused-ring (bicyclic) bond motifs is 3. The first-order valence-electron chi connectivity index (χ1n) is 8.89. The topological polar surface area (TPSA) is 26.3 Å². The van der Waals surface area contributed by atoms with Gasteiger partial charge < -0.3 is 9.22 Å². The van der Waals surface area contributed by atoms with Crippen LogP contribution in [0.15, 0.2) is 60.7 Å². The van der Waals surface area contributed by atoms with Crippen LogP contribution in [0.5, 0.6) is 0 Å². The number of nitrogens with zero attached hydrogens (tertiary/aromatic N) is 1. The first kappa shape index (κ1) is 15.4. The second-order valence-electron chi connectivity index (χ2n) is 7.26. The van der Waals surface area contributed by atoms with E-state index >= 15 is 0 Å². The first-order chi connectivity index (χ1) is 11.7. The molecular formula is C21H24NO2+. The highest BCUT2D eigenvalue weighted by Crippen LogP contribution is 2.37. The van der Waals surface area contributed by atoms with Crippen LogP contribution in [0.4, 0.5) is 0 Å². The molecule has 0 spiro atoms. The number of carbonyl (C=O) groups excluding carboxylic acids is 1. The second-order valence-corrected chi connectivity index (χ2v) is 7.26. The normalized spacial score (nSPS) is 28.5. The van der Waals surface area contributed by atoms with E-state index in [-0.39, 0.29) is 12.1 Å². The van der Waals surface area contributed by atoms with E-state index < -0.39 is 0 Å². The summed E-state index contributed by atoms with van der Waals surface area (Å²) in [7, 11) is 0. The third kappa shape index (κ3) is 3.09. The van der Waals surface area contributed by atoms with Gasteiger partial charge in [-0.2, -0.15) is 0 Å². The van der Waals surface area contributed by atoms with Gasteiger partial charge in [0.2, 0.25) is 0 Å². The lowest BCUT2D eigenvalue weighted by atomic mass is 9.83. The predicted molar refractivity (Wildman–Crippen MR) is 93.4 cm³/mol. The standard InChI is InChI=1S/C21H24NO2/c23-21(19-9-5-2-6-10-19)24-20-16-22(13-11-18(20)12-14-22)15-17-7-3-1-4-8-17/h1-10,18,20H,11-16H2/q+1/t18?,20-,22?/m1/s1. The number of ether oxygens (including phenoxy) is 1. The molecule has 3 aliphatic rings. The molecule has 3 nitrogen and oxygen atoms in total. The maximum Gasteiger partial charge on any atom is 0.338 e. The van der Waals surface area contributed by atoms with Gasteiger partial charge in [-0.3, -0.25) is 0 Å². The van der Waals surface area contributed by atoms with Crippen molar-refractivity contribution >= 4 is 5.97 Å². The average Bonchev–Trinajstić information content (AvgIpc) is 2.64. The maximum atomic E-state index is 12.4. The minimum atomic E-state index is -0.174.